The molecule has 0 saturated heterocycles. The van der Waals surface area contributed by atoms with Crippen LogP contribution in [-0.4, -0.2) is 0 Å². The van der Waals surface area contributed by atoms with Crippen LogP contribution in [0.5, 0.6) is 0 Å². The van der Waals surface area contributed by atoms with Crippen molar-refractivity contribution in [2.24, 2.45) is 17.6 Å². The molecule has 0 radical (unpaired) electrons. The zero-order valence-corrected chi connectivity index (χ0v) is 8.14. The van der Waals surface area contributed by atoms with Crippen LogP contribution in [0.2, 0.25) is 0 Å². The predicted molar refractivity (Wildman–Crippen MR) is 53.6 cm³/mol. The predicted octanol–water partition coefficient (Wildman–Crippen LogP) is 2.84. The molecule has 0 aromatic heterocycles. The summed E-state index contributed by atoms with van der Waals surface area (Å²) >= 11 is 0. The van der Waals surface area contributed by atoms with Gasteiger partial charge in [0.05, 0.1) is 0 Å². The molecule has 1 fully saturated rings. The maximum Gasteiger partial charge on any atom is 0.0240 e. The molecular weight excluding hydrogens is 146 g/mol. The van der Waals surface area contributed by atoms with E-state index in [0.717, 1.165) is 5.92 Å². The molecule has 1 aliphatic carbocycles. The highest BCUT2D eigenvalue weighted by molar-refractivity contribution is 5.24. The standard InChI is InChI=1S/C11H19N/c1-4-8(2)11(7-9(3)12)10-5-6-10/h7-8,10H,3-6,12H2,1-2H3/b11-7-/t8-/m0/s1. The smallest absolute Gasteiger partial charge is 0.0240 e. The molecule has 0 heterocycles. The maximum atomic E-state index is 5.58. The second-order valence-electron chi connectivity index (χ2n) is 3.80. The molecule has 1 heteroatoms. The summed E-state index contributed by atoms with van der Waals surface area (Å²) < 4.78 is 0. The van der Waals surface area contributed by atoms with Gasteiger partial charge in [-0.2, -0.15) is 0 Å². The third-order valence-electron chi connectivity index (χ3n) is 2.58. The molecule has 0 spiro atoms. The highest BCUT2D eigenvalue weighted by atomic mass is 14.5. The van der Waals surface area contributed by atoms with Gasteiger partial charge < -0.3 is 5.73 Å². The molecule has 0 unspecified atom stereocenters. The molecule has 1 rings (SSSR count). The van der Waals surface area contributed by atoms with E-state index in [9.17, 15) is 0 Å². The van der Waals surface area contributed by atoms with E-state index in [1.165, 1.54) is 24.8 Å². The Kier molecular flexibility index (Phi) is 2.96. The monoisotopic (exact) mass is 165 g/mol. The van der Waals surface area contributed by atoms with E-state index in [1.54, 1.807) is 0 Å². The molecule has 2 N–H and O–H groups in total. The van der Waals surface area contributed by atoms with Crippen LogP contribution in [0.1, 0.15) is 33.1 Å². The van der Waals surface area contributed by atoms with E-state index in [0.29, 0.717) is 11.6 Å². The van der Waals surface area contributed by atoms with Crippen molar-refractivity contribution < 1.29 is 0 Å². The van der Waals surface area contributed by atoms with Gasteiger partial charge in [0.15, 0.2) is 0 Å². The maximum absolute atomic E-state index is 5.58. The quantitative estimate of drug-likeness (QED) is 0.637. The number of rotatable bonds is 4. The first-order valence-electron chi connectivity index (χ1n) is 4.81. The lowest BCUT2D eigenvalue weighted by Crippen LogP contribution is -2.02. The van der Waals surface area contributed by atoms with Crippen LogP contribution >= 0.6 is 0 Å². The van der Waals surface area contributed by atoms with Crippen molar-refractivity contribution in [2.45, 2.75) is 33.1 Å². The Morgan fingerprint density at radius 3 is 2.58 bits per heavy atom. The lowest BCUT2D eigenvalue weighted by atomic mass is 9.93. The minimum absolute atomic E-state index is 0.679. The van der Waals surface area contributed by atoms with Crippen molar-refractivity contribution in [3.05, 3.63) is 23.9 Å². The molecule has 68 valence electrons. The highest BCUT2D eigenvalue weighted by Crippen LogP contribution is 2.41. The Morgan fingerprint density at radius 2 is 2.25 bits per heavy atom. The molecule has 1 nitrogen and oxygen atoms in total. The molecule has 0 bridgehead atoms. The zero-order chi connectivity index (χ0) is 9.14. The van der Waals surface area contributed by atoms with Gasteiger partial charge in [-0.05, 0) is 37.2 Å². The molecule has 1 saturated carbocycles. The van der Waals surface area contributed by atoms with Crippen molar-refractivity contribution in [2.75, 3.05) is 0 Å². The fourth-order valence-electron chi connectivity index (χ4n) is 1.53. The first-order valence-corrected chi connectivity index (χ1v) is 4.81. The van der Waals surface area contributed by atoms with Gasteiger partial charge in [-0.3, -0.25) is 0 Å². The third-order valence-corrected chi connectivity index (χ3v) is 2.58. The number of allylic oxidation sites excluding steroid dienone is 2. The number of hydrogen-bond donors (Lipinski definition) is 1. The van der Waals surface area contributed by atoms with Crippen LogP contribution in [0.4, 0.5) is 0 Å². The van der Waals surface area contributed by atoms with Gasteiger partial charge >= 0.3 is 0 Å². The summed E-state index contributed by atoms with van der Waals surface area (Å²) in [5, 5.41) is 0. The molecule has 0 aromatic rings. The lowest BCUT2D eigenvalue weighted by molar-refractivity contribution is 0.615. The SMILES string of the molecule is C=C(N)/C=C(\C1CC1)[C@@H](C)CC. The summed E-state index contributed by atoms with van der Waals surface area (Å²) in [4.78, 5) is 0. The summed E-state index contributed by atoms with van der Waals surface area (Å²) in [5.74, 6) is 1.50. The van der Waals surface area contributed by atoms with Crippen molar-refractivity contribution in [3.8, 4) is 0 Å². The summed E-state index contributed by atoms with van der Waals surface area (Å²) in [5.41, 5.74) is 7.80. The molecule has 12 heavy (non-hydrogen) atoms. The first-order chi connectivity index (χ1) is 5.65. The van der Waals surface area contributed by atoms with Gasteiger partial charge in [0, 0.05) is 5.70 Å². The van der Waals surface area contributed by atoms with Crippen molar-refractivity contribution >= 4 is 0 Å². The highest BCUT2D eigenvalue weighted by Gasteiger charge is 2.28. The molecule has 0 aliphatic heterocycles. The fourth-order valence-corrected chi connectivity index (χ4v) is 1.53. The minimum atomic E-state index is 0.679. The lowest BCUT2D eigenvalue weighted by Gasteiger charge is -2.13. The first kappa shape index (κ1) is 9.37. The Balaban J connectivity index is 2.66. The fraction of sp³-hybridized carbons (Fsp3) is 0.636. The molecular formula is C11H19N. The summed E-state index contributed by atoms with van der Waals surface area (Å²) in [6, 6.07) is 0. The summed E-state index contributed by atoms with van der Waals surface area (Å²) in [7, 11) is 0. The van der Waals surface area contributed by atoms with E-state index in [-0.39, 0.29) is 0 Å². The average molecular weight is 165 g/mol. The Bertz CT molecular complexity index is 199. The van der Waals surface area contributed by atoms with E-state index < -0.39 is 0 Å². The second-order valence-corrected chi connectivity index (χ2v) is 3.80. The molecule has 0 amide bonds. The van der Waals surface area contributed by atoms with Gasteiger partial charge in [0.25, 0.3) is 0 Å². The van der Waals surface area contributed by atoms with E-state index in [4.69, 9.17) is 5.73 Å². The molecule has 0 aromatic carbocycles. The van der Waals surface area contributed by atoms with Crippen molar-refractivity contribution in [3.63, 3.8) is 0 Å². The van der Waals surface area contributed by atoms with Gasteiger partial charge in [0.1, 0.15) is 0 Å². The Morgan fingerprint density at radius 1 is 1.67 bits per heavy atom. The number of nitrogens with two attached hydrogens (primary N) is 1. The van der Waals surface area contributed by atoms with Gasteiger partial charge in [-0.1, -0.05) is 26.0 Å². The van der Waals surface area contributed by atoms with Crippen LogP contribution in [0.25, 0.3) is 0 Å². The normalized spacial score (nSPS) is 20.7. The molecule has 1 atom stereocenters. The van der Waals surface area contributed by atoms with Gasteiger partial charge in [-0.25, -0.2) is 0 Å². The van der Waals surface area contributed by atoms with Crippen molar-refractivity contribution in [1.29, 1.82) is 0 Å². The van der Waals surface area contributed by atoms with Crippen molar-refractivity contribution in [1.82, 2.24) is 0 Å². The van der Waals surface area contributed by atoms with Crippen LogP contribution in [-0.2, 0) is 0 Å². The summed E-state index contributed by atoms with van der Waals surface area (Å²) in [6.07, 6.45) is 5.98. The topological polar surface area (TPSA) is 26.0 Å². The van der Waals surface area contributed by atoms with E-state index in [1.807, 2.05) is 0 Å². The second kappa shape index (κ2) is 3.79. The Hall–Kier alpha value is -0.720. The van der Waals surface area contributed by atoms with Gasteiger partial charge in [0.2, 0.25) is 0 Å². The number of hydrogen-bond acceptors (Lipinski definition) is 1. The van der Waals surface area contributed by atoms with Gasteiger partial charge in [-0.15, -0.1) is 0 Å². The Labute approximate surface area is 75.3 Å². The van der Waals surface area contributed by atoms with E-state index in [2.05, 4.69) is 26.5 Å². The van der Waals surface area contributed by atoms with Crippen LogP contribution < -0.4 is 5.73 Å². The molecule has 1 aliphatic rings. The van der Waals surface area contributed by atoms with E-state index >= 15 is 0 Å². The third kappa shape index (κ3) is 2.40. The minimum Gasteiger partial charge on any atom is -0.399 e. The van der Waals surface area contributed by atoms with Crippen LogP contribution in [0.15, 0.2) is 23.9 Å². The summed E-state index contributed by atoms with van der Waals surface area (Å²) in [6.45, 7) is 8.22. The van der Waals surface area contributed by atoms with Crippen LogP contribution in [0.3, 0.4) is 0 Å². The zero-order valence-electron chi connectivity index (χ0n) is 8.14. The largest absolute Gasteiger partial charge is 0.399 e. The average Bonchev–Trinajstić information content (AvgIpc) is 2.81. The van der Waals surface area contributed by atoms with Crippen LogP contribution in [0, 0.1) is 11.8 Å².